The minimum absolute atomic E-state index is 0.0113. The maximum Gasteiger partial charge on any atom is 0.261 e. The number of rotatable bonds is 7. The second-order valence-electron chi connectivity index (χ2n) is 6.93. The van der Waals surface area contributed by atoms with E-state index < -0.39 is 22.0 Å². The fourth-order valence-corrected chi connectivity index (χ4v) is 5.53. The van der Waals surface area contributed by atoms with Crippen LogP contribution in [0.2, 0.25) is 0 Å². The van der Waals surface area contributed by atoms with Gasteiger partial charge in [-0.05, 0) is 48.7 Å². The SMILES string of the molecule is O=C(NO)[C@@H](CCc1ccccc1)NS(=O)(=O)c1ccc2c(c1)Sc1ccccc1O2. The molecule has 0 saturated carbocycles. The van der Waals surface area contributed by atoms with Crippen molar-refractivity contribution in [1.29, 1.82) is 0 Å². The Morgan fingerprint density at radius 3 is 2.45 bits per heavy atom. The first-order chi connectivity index (χ1) is 15.0. The van der Waals surface area contributed by atoms with Crippen LogP contribution in [0.4, 0.5) is 0 Å². The molecule has 3 N–H and O–H groups in total. The quantitative estimate of drug-likeness (QED) is 0.289. The van der Waals surface area contributed by atoms with Gasteiger partial charge < -0.3 is 4.74 Å². The van der Waals surface area contributed by atoms with E-state index in [1.807, 2.05) is 54.6 Å². The predicted molar refractivity (Wildman–Crippen MR) is 116 cm³/mol. The lowest BCUT2D eigenvalue weighted by atomic mass is 10.1. The van der Waals surface area contributed by atoms with Crippen molar-refractivity contribution in [2.45, 2.75) is 33.6 Å². The van der Waals surface area contributed by atoms with Crippen LogP contribution < -0.4 is 14.9 Å². The summed E-state index contributed by atoms with van der Waals surface area (Å²) in [5, 5.41) is 9.07. The smallest absolute Gasteiger partial charge is 0.261 e. The third-order valence-corrected chi connectivity index (χ3v) is 7.37. The molecular weight excluding hydrogens is 436 g/mol. The Morgan fingerprint density at radius 2 is 1.68 bits per heavy atom. The molecule has 1 heterocycles. The highest BCUT2D eigenvalue weighted by molar-refractivity contribution is 7.99. The number of fused-ring (bicyclic) bond motifs is 2. The molecule has 1 amide bonds. The zero-order valence-corrected chi connectivity index (χ0v) is 17.9. The van der Waals surface area contributed by atoms with Gasteiger partial charge in [0.05, 0.1) is 14.7 Å². The molecule has 0 bridgehead atoms. The molecule has 3 aromatic rings. The van der Waals surface area contributed by atoms with Crippen molar-refractivity contribution in [3.8, 4) is 11.5 Å². The Bertz CT molecular complexity index is 1200. The van der Waals surface area contributed by atoms with Crippen LogP contribution in [0.5, 0.6) is 11.5 Å². The summed E-state index contributed by atoms with van der Waals surface area (Å²) < 4.78 is 34.2. The van der Waals surface area contributed by atoms with E-state index in [1.165, 1.54) is 23.9 Å². The average molecular weight is 457 g/mol. The van der Waals surface area contributed by atoms with Gasteiger partial charge in [0.2, 0.25) is 10.0 Å². The summed E-state index contributed by atoms with van der Waals surface area (Å²) in [5.74, 6) is 0.467. The summed E-state index contributed by atoms with van der Waals surface area (Å²) in [6.07, 6.45) is 0.651. The van der Waals surface area contributed by atoms with Crippen LogP contribution in [0.25, 0.3) is 0 Å². The van der Waals surface area contributed by atoms with Crippen LogP contribution in [0.3, 0.4) is 0 Å². The number of carbonyl (C=O) groups is 1. The highest BCUT2D eigenvalue weighted by atomic mass is 32.2. The maximum absolute atomic E-state index is 13.0. The molecule has 1 aliphatic rings. The molecule has 0 aliphatic carbocycles. The molecule has 4 rings (SSSR count). The molecule has 3 aromatic carbocycles. The van der Waals surface area contributed by atoms with E-state index in [0.717, 1.165) is 10.5 Å². The first kappa shape index (κ1) is 21.4. The number of nitrogens with one attached hydrogen (secondary N) is 2. The van der Waals surface area contributed by atoms with E-state index in [-0.39, 0.29) is 11.3 Å². The molecule has 0 saturated heterocycles. The van der Waals surface area contributed by atoms with Gasteiger partial charge in [0, 0.05) is 0 Å². The molecule has 0 fully saturated rings. The number of hydrogen-bond acceptors (Lipinski definition) is 6. The first-order valence-electron chi connectivity index (χ1n) is 9.55. The Balaban J connectivity index is 1.53. The highest BCUT2D eigenvalue weighted by Crippen LogP contribution is 2.47. The molecule has 0 unspecified atom stereocenters. The average Bonchev–Trinajstić information content (AvgIpc) is 2.80. The van der Waals surface area contributed by atoms with Crippen molar-refractivity contribution in [2.24, 2.45) is 0 Å². The first-order valence-corrected chi connectivity index (χ1v) is 11.9. The Labute approximate surface area is 184 Å². The van der Waals surface area contributed by atoms with Crippen LogP contribution >= 0.6 is 11.8 Å². The number of ether oxygens (including phenoxy) is 1. The van der Waals surface area contributed by atoms with Crippen molar-refractivity contribution in [2.75, 3.05) is 0 Å². The maximum atomic E-state index is 13.0. The number of aryl methyl sites for hydroxylation is 1. The third kappa shape index (κ3) is 4.91. The van der Waals surface area contributed by atoms with Gasteiger partial charge in [-0.2, -0.15) is 4.72 Å². The molecule has 0 aromatic heterocycles. The third-order valence-electron chi connectivity index (χ3n) is 4.80. The van der Waals surface area contributed by atoms with Gasteiger partial charge in [0.25, 0.3) is 5.91 Å². The van der Waals surface area contributed by atoms with E-state index in [0.29, 0.717) is 22.8 Å². The van der Waals surface area contributed by atoms with E-state index in [9.17, 15) is 13.2 Å². The van der Waals surface area contributed by atoms with Gasteiger partial charge in [-0.15, -0.1) is 0 Å². The van der Waals surface area contributed by atoms with E-state index in [1.54, 1.807) is 11.5 Å². The summed E-state index contributed by atoms with van der Waals surface area (Å²) in [7, 11) is -4.02. The van der Waals surface area contributed by atoms with Crippen LogP contribution in [-0.4, -0.2) is 25.6 Å². The molecule has 0 radical (unpaired) electrons. The van der Waals surface area contributed by atoms with Crippen LogP contribution in [0, 0.1) is 0 Å². The zero-order valence-electron chi connectivity index (χ0n) is 16.3. The van der Waals surface area contributed by atoms with Crippen LogP contribution in [0.1, 0.15) is 12.0 Å². The van der Waals surface area contributed by atoms with Gasteiger partial charge in [-0.1, -0.05) is 54.2 Å². The lowest BCUT2D eigenvalue weighted by molar-refractivity contribution is -0.131. The molecule has 0 spiro atoms. The van der Waals surface area contributed by atoms with Gasteiger partial charge in [-0.3, -0.25) is 10.0 Å². The van der Waals surface area contributed by atoms with Crippen LogP contribution in [-0.2, 0) is 21.2 Å². The molecule has 7 nitrogen and oxygen atoms in total. The molecule has 1 aliphatic heterocycles. The molecule has 1 atom stereocenters. The number of sulfonamides is 1. The Hall–Kier alpha value is -2.85. The number of carbonyl (C=O) groups excluding carboxylic acids is 1. The standard InChI is InChI=1S/C22H20N2O5S2/c25-22(23-26)17(12-10-15-6-2-1-3-7-15)24-31(27,28)16-11-13-19-21(14-16)30-20-9-5-4-8-18(20)29-19/h1-9,11,13-14,17,24,26H,10,12H2,(H,23,25)/t17-/m1/s1. The van der Waals surface area contributed by atoms with Crippen molar-refractivity contribution < 1.29 is 23.2 Å². The summed E-state index contributed by atoms with van der Waals surface area (Å²) in [6.45, 7) is 0. The molecular formula is C22H20N2O5S2. The number of amides is 1. The monoisotopic (exact) mass is 456 g/mol. The second-order valence-corrected chi connectivity index (χ2v) is 9.73. The molecule has 31 heavy (non-hydrogen) atoms. The van der Waals surface area contributed by atoms with Crippen molar-refractivity contribution in [3.63, 3.8) is 0 Å². The number of hydroxylamine groups is 1. The predicted octanol–water partition coefficient (Wildman–Crippen LogP) is 3.73. The lowest BCUT2D eigenvalue weighted by Gasteiger charge is -2.21. The van der Waals surface area contributed by atoms with Crippen LogP contribution in [0.15, 0.2) is 87.5 Å². The normalized spacial score (nSPS) is 13.5. The fourth-order valence-electron chi connectivity index (χ4n) is 3.21. The summed E-state index contributed by atoms with van der Waals surface area (Å²) >= 11 is 1.41. The number of para-hydroxylation sites is 1. The molecule has 160 valence electrons. The van der Waals surface area contributed by atoms with E-state index >= 15 is 0 Å². The summed E-state index contributed by atoms with van der Waals surface area (Å²) in [5.41, 5.74) is 2.50. The minimum Gasteiger partial charge on any atom is -0.455 e. The number of benzene rings is 3. The highest BCUT2D eigenvalue weighted by Gasteiger charge is 2.27. The minimum atomic E-state index is -4.02. The lowest BCUT2D eigenvalue weighted by Crippen LogP contribution is -2.46. The fraction of sp³-hybridized carbons (Fsp3) is 0.136. The van der Waals surface area contributed by atoms with E-state index in [4.69, 9.17) is 9.94 Å². The number of hydrogen-bond donors (Lipinski definition) is 3. The van der Waals surface area contributed by atoms with Gasteiger partial charge in [-0.25, -0.2) is 13.9 Å². The van der Waals surface area contributed by atoms with Gasteiger partial charge >= 0.3 is 0 Å². The summed E-state index contributed by atoms with van der Waals surface area (Å²) in [6, 6.07) is 20.3. The van der Waals surface area contributed by atoms with E-state index in [2.05, 4.69) is 4.72 Å². The Morgan fingerprint density at radius 1 is 0.968 bits per heavy atom. The summed E-state index contributed by atoms with van der Waals surface area (Å²) in [4.78, 5) is 13.7. The van der Waals surface area contributed by atoms with Gasteiger partial charge in [0.15, 0.2) is 0 Å². The zero-order chi connectivity index (χ0) is 21.8. The van der Waals surface area contributed by atoms with Gasteiger partial charge in [0.1, 0.15) is 17.5 Å². The van der Waals surface area contributed by atoms with Crippen molar-refractivity contribution in [1.82, 2.24) is 10.2 Å². The second kappa shape index (κ2) is 9.11. The van der Waals surface area contributed by atoms with Crippen molar-refractivity contribution >= 4 is 27.7 Å². The largest absolute Gasteiger partial charge is 0.455 e. The van der Waals surface area contributed by atoms with Crippen molar-refractivity contribution in [3.05, 3.63) is 78.4 Å². The topological polar surface area (TPSA) is 105 Å². The molecule has 9 heteroatoms. The Kier molecular flexibility index (Phi) is 6.28.